The molecule has 2 aromatic rings. The number of aromatic nitrogens is 1. The van der Waals surface area contributed by atoms with Crippen LogP contribution in [0.4, 0.5) is 5.69 Å². The maximum atomic E-state index is 12.1. The molecular weight excluding hydrogens is 316 g/mol. The molecule has 1 amide bonds. The second kappa shape index (κ2) is 5.50. The van der Waals surface area contributed by atoms with Gasteiger partial charge in [-0.3, -0.25) is 4.79 Å². The normalized spacial score (nSPS) is 10.2. The van der Waals surface area contributed by atoms with Crippen molar-refractivity contribution in [3.63, 3.8) is 0 Å². The largest absolute Gasteiger partial charge is 0.320 e. The predicted molar refractivity (Wildman–Crippen MR) is 76.1 cm³/mol. The third-order valence-corrected chi connectivity index (χ3v) is 3.32. The number of rotatable bonds is 2. The number of carbonyl (C=O) groups excluding carboxylic acids is 1. The van der Waals surface area contributed by atoms with Gasteiger partial charge in [0.15, 0.2) is 0 Å². The Morgan fingerprint density at radius 2 is 2.17 bits per heavy atom. The Morgan fingerprint density at radius 3 is 2.83 bits per heavy atom. The van der Waals surface area contributed by atoms with Crippen molar-refractivity contribution in [1.29, 1.82) is 0 Å². The highest BCUT2D eigenvalue weighted by Crippen LogP contribution is 2.22. The molecule has 3 nitrogen and oxygen atoms in total. The van der Waals surface area contributed by atoms with Gasteiger partial charge < -0.3 is 5.32 Å². The van der Waals surface area contributed by atoms with E-state index in [1.165, 1.54) is 0 Å². The van der Waals surface area contributed by atoms with Crippen LogP contribution in [-0.2, 0) is 0 Å². The van der Waals surface area contributed by atoms with Crippen molar-refractivity contribution in [2.24, 2.45) is 0 Å². The molecule has 1 aromatic carbocycles. The van der Waals surface area contributed by atoms with E-state index in [-0.39, 0.29) is 5.91 Å². The minimum atomic E-state index is -0.256. The van der Waals surface area contributed by atoms with E-state index in [0.29, 0.717) is 20.9 Å². The first-order valence-corrected chi connectivity index (χ1v) is 6.43. The molecule has 0 fully saturated rings. The molecule has 0 spiro atoms. The molecule has 1 heterocycles. The van der Waals surface area contributed by atoms with E-state index in [1.54, 1.807) is 30.5 Å². The van der Waals surface area contributed by atoms with Crippen molar-refractivity contribution >= 4 is 39.1 Å². The molecule has 0 radical (unpaired) electrons. The van der Waals surface area contributed by atoms with Crippen LogP contribution in [0.25, 0.3) is 0 Å². The summed E-state index contributed by atoms with van der Waals surface area (Å²) in [5.41, 5.74) is 2.07. The molecule has 2 rings (SSSR count). The molecule has 0 aliphatic heterocycles. The molecule has 0 atom stereocenters. The summed E-state index contributed by atoms with van der Waals surface area (Å²) in [6.45, 7) is 1.92. The first-order chi connectivity index (χ1) is 8.58. The minimum Gasteiger partial charge on any atom is -0.320 e. The van der Waals surface area contributed by atoms with Crippen molar-refractivity contribution in [3.8, 4) is 0 Å². The predicted octanol–water partition coefficient (Wildman–Crippen LogP) is 4.06. The fourth-order valence-electron chi connectivity index (χ4n) is 1.47. The monoisotopic (exact) mass is 324 g/mol. The van der Waals surface area contributed by atoms with Gasteiger partial charge in [0.1, 0.15) is 4.60 Å². The molecule has 0 aliphatic carbocycles. The van der Waals surface area contributed by atoms with Crippen molar-refractivity contribution in [2.75, 3.05) is 5.32 Å². The van der Waals surface area contributed by atoms with Gasteiger partial charge in [-0.2, -0.15) is 0 Å². The van der Waals surface area contributed by atoms with E-state index in [9.17, 15) is 4.79 Å². The van der Waals surface area contributed by atoms with E-state index in [0.717, 1.165) is 5.56 Å². The van der Waals surface area contributed by atoms with E-state index in [4.69, 9.17) is 11.6 Å². The van der Waals surface area contributed by atoms with Gasteiger partial charge in [-0.05, 0) is 52.7 Å². The molecule has 0 bridgehead atoms. The average molecular weight is 326 g/mol. The zero-order valence-corrected chi connectivity index (χ0v) is 11.9. The average Bonchev–Trinajstić information content (AvgIpc) is 2.32. The summed E-state index contributed by atoms with van der Waals surface area (Å²) >= 11 is 9.31. The number of hydrogen-bond donors (Lipinski definition) is 1. The highest BCUT2D eigenvalue weighted by atomic mass is 79.9. The Morgan fingerprint density at radius 1 is 1.39 bits per heavy atom. The molecular formula is C13H10BrClN2O. The van der Waals surface area contributed by atoms with Crippen LogP contribution in [0.2, 0.25) is 5.02 Å². The summed E-state index contributed by atoms with van der Waals surface area (Å²) in [7, 11) is 0. The standard InChI is InChI=1S/C13H10BrClN2O/c1-8-4-5-9(10(15)7-8)13(18)17-11-3-2-6-16-12(11)14/h2-7H,1H3,(H,17,18). The zero-order chi connectivity index (χ0) is 13.1. The molecule has 1 N–H and O–H groups in total. The Balaban J connectivity index is 2.25. The number of anilines is 1. The van der Waals surface area contributed by atoms with Crippen LogP contribution < -0.4 is 5.32 Å². The van der Waals surface area contributed by atoms with Crippen molar-refractivity contribution in [3.05, 3.63) is 57.3 Å². The molecule has 0 unspecified atom stereocenters. The fourth-order valence-corrected chi connectivity index (χ4v) is 2.14. The van der Waals surface area contributed by atoms with Crippen molar-refractivity contribution < 1.29 is 4.79 Å². The molecule has 5 heteroatoms. The highest BCUT2D eigenvalue weighted by Gasteiger charge is 2.12. The number of nitrogens with one attached hydrogen (secondary N) is 1. The maximum absolute atomic E-state index is 12.1. The van der Waals surface area contributed by atoms with Crippen LogP contribution in [0.1, 0.15) is 15.9 Å². The van der Waals surface area contributed by atoms with Crippen molar-refractivity contribution in [1.82, 2.24) is 4.98 Å². The quantitative estimate of drug-likeness (QED) is 0.846. The zero-order valence-electron chi connectivity index (χ0n) is 9.58. The number of carbonyl (C=O) groups is 1. The highest BCUT2D eigenvalue weighted by molar-refractivity contribution is 9.10. The third kappa shape index (κ3) is 2.89. The first kappa shape index (κ1) is 13.1. The van der Waals surface area contributed by atoms with Gasteiger partial charge in [0.25, 0.3) is 5.91 Å². The lowest BCUT2D eigenvalue weighted by Crippen LogP contribution is -2.13. The summed E-state index contributed by atoms with van der Waals surface area (Å²) in [4.78, 5) is 16.1. The second-order valence-electron chi connectivity index (χ2n) is 3.78. The lowest BCUT2D eigenvalue weighted by atomic mass is 10.1. The third-order valence-electron chi connectivity index (χ3n) is 2.38. The van der Waals surface area contributed by atoms with Gasteiger partial charge in [0, 0.05) is 6.20 Å². The number of aryl methyl sites for hydroxylation is 1. The van der Waals surface area contributed by atoms with E-state index in [1.807, 2.05) is 13.0 Å². The maximum Gasteiger partial charge on any atom is 0.257 e. The Hall–Kier alpha value is -1.39. The molecule has 0 saturated carbocycles. The summed E-state index contributed by atoms with van der Waals surface area (Å²) in [6.07, 6.45) is 1.64. The van der Waals surface area contributed by atoms with Gasteiger partial charge in [-0.1, -0.05) is 17.7 Å². The number of amides is 1. The van der Waals surface area contributed by atoms with Crippen LogP contribution in [0.3, 0.4) is 0 Å². The van der Waals surface area contributed by atoms with E-state index >= 15 is 0 Å². The first-order valence-electron chi connectivity index (χ1n) is 5.26. The van der Waals surface area contributed by atoms with E-state index < -0.39 is 0 Å². The van der Waals surface area contributed by atoms with Gasteiger partial charge in [0.2, 0.25) is 0 Å². The van der Waals surface area contributed by atoms with Crippen molar-refractivity contribution in [2.45, 2.75) is 6.92 Å². The molecule has 92 valence electrons. The molecule has 1 aromatic heterocycles. The van der Waals surface area contributed by atoms with Gasteiger partial charge >= 0.3 is 0 Å². The lowest BCUT2D eigenvalue weighted by molar-refractivity contribution is 0.102. The summed E-state index contributed by atoms with van der Waals surface area (Å²) in [6, 6.07) is 8.82. The lowest BCUT2D eigenvalue weighted by Gasteiger charge is -2.08. The van der Waals surface area contributed by atoms with Crippen LogP contribution >= 0.6 is 27.5 Å². The minimum absolute atomic E-state index is 0.256. The molecule has 0 saturated heterocycles. The van der Waals surface area contributed by atoms with Crippen LogP contribution in [-0.4, -0.2) is 10.9 Å². The number of pyridine rings is 1. The Labute approximate surface area is 118 Å². The van der Waals surface area contributed by atoms with Gasteiger partial charge in [-0.15, -0.1) is 0 Å². The Kier molecular flexibility index (Phi) is 3.99. The smallest absolute Gasteiger partial charge is 0.257 e. The van der Waals surface area contributed by atoms with Gasteiger partial charge in [-0.25, -0.2) is 4.98 Å². The molecule has 0 aliphatic rings. The summed E-state index contributed by atoms with van der Waals surface area (Å²) < 4.78 is 0.585. The van der Waals surface area contributed by atoms with Crippen LogP contribution in [0, 0.1) is 6.92 Å². The number of halogens is 2. The number of hydrogen-bond acceptors (Lipinski definition) is 2. The summed E-state index contributed by atoms with van der Waals surface area (Å²) in [5.74, 6) is -0.256. The topological polar surface area (TPSA) is 42.0 Å². The number of nitrogens with zero attached hydrogens (tertiary/aromatic N) is 1. The summed E-state index contributed by atoms with van der Waals surface area (Å²) in [5, 5.41) is 3.19. The van der Waals surface area contributed by atoms with Gasteiger partial charge in [0.05, 0.1) is 16.3 Å². The number of benzene rings is 1. The van der Waals surface area contributed by atoms with Crippen LogP contribution in [0.15, 0.2) is 41.1 Å². The van der Waals surface area contributed by atoms with E-state index in [2.05, 4.69) is 26.2 Å². The van der Waals surface area contributed by atoms with Crippen LogP contribution in [0.5, 0.6) is 0 Å². The SMILES string of the molecule is Cc1ccc(C(=O)Nc2cccnc2Br)c(Cl)c1. The fraction of sp³-hybridized carbons (Fsp3) is 0.0769. The Bertz CT molecular complexity index is 601. The molecule has 18 heavy (non-hydrogen) atoms. The second-order valence-corrected chi connectivity index (χ2v) is 4.94.